The second kappa shape index (κ2) is 14.8. The Hall–Kier alpha value is -3.46. The number of piperidine rings is 1. The minimum Gasteiger partial charge on any atom is -0.490 e. The molecule has 2 atom stereocenters. The number of carbonyl (C=O) groups is 2. The predicted molar refractivity (Wildman–Crippen MR) is 152 cm³/mol. The highest BCUT2D eigenvalue weighted by atomic mass is 19.1. The molecule has 0 spiro atoms. The van der Waals surface area contributed by atoms with Crippen LogP contribution in [0, 0.1) is 5.82 Å². The van der Waals surface area contributed by atoms with Gasteiger partial charge in [0.2, 0.25) is 5.91 Å². The van der Waals surface area contributed by atoms with Crippen molar-refractivity contribution in [2.75, 3.05) is 26.2 Å². The number of halogens is 2. The van der Waals surface area contributed by atoms with E-state index in [2.05, 4.69) is 6.58 Å². The maximum Gasteiger partial charge on any atom is 0.410 e. The van der Waals surface area contributed by atoms with Crippen LogP contribution in [0.5, 0.6) is 5.75 Å². The number of rotatable bonds is 7. The van der Waals surface area contributed by atoms with Crippen molar-refractivity contribution >= 4 is 12.0 Å². The Balaban J connectivity index is 0.00000141. The maximum atomic E-state index is 14.8. The molecule has 2 N–H and O–H groups in total. The molecule has 7 nitrogen and oxygen atoms in total. The number of nitrogens with zero attached hydrogens (tertiary/aromatic N) is 2. The van der Waals surface area contributed by atoms with Gasteiger partial charge in [-0.1, -0.05) is 30.3 Å². The van der Waals surface area contributed by atoms with Gasteiger partial charge in [-0.2, -0.15) is 0 Å². The van der Waals surface area contributed by atoms with Crippen molar-refractivity contribution in [1.82, 2.24) is 9.80 Å². The first-order valence-electron chi connectivity index (χ1n) is 13.9. The fourth-order valence-corrected chi connectivity index (χ4v) is 4.72. The van der Waals surface area contributed by atoms with Gasteiger partial charge in [-0.3, -0.25) is 4.79 Å². The standard InChI is InChI=1S/C28H35F2N3O4.C3H6/c1-18(2)36-28(35)32-13-10-24(11-14-32)37-23-7-5-19(6-8-23)20-3-4-21(25(30)15-20)16-26(31)27(34)33-12-9-22(29)17-33;1-3-2/h3-8,15,18,22,24,26H,9-14,16-17,31H2,1-2H3;3H,1H2,2H3. The summed E-state index contributed by atoms with van der Waals surface area (Å²) in [5.41, 5.74) is 7.89. The zero-order valence-corrected chi connectivity index (χ0v) is 23.7. The summed E-state index contributed by atoms with van der Waals surface area (Å²) < 4.78 is 39.6. The fraction of sp³-hybridized carbons (Fsp3) is 0.484. The highest BCUT2D eigenvalue weighted by Crippen LogP contribution is 2.27. The van der Waals surface area contributed by atoms with Gasteiger partial charge in [-0.05, 0) is 68.5 Å². The molecular formula is C31H41F2N3O4. The van der Waals surface area contributed by atoms with Crippen LogP contribution in [-0.4, -0.2) is 72.4 Å². The molecule has 4 rings (SSSR count). The van der Waals surface area contributed by atoms with Crippen LogP contribution in [0.3, 0.4) is 0 Å². The average molecular weight is 558 g/mol. The first-order chi connectivity index (χ1) is 19.1. The lowest BCUT2D eigenvalue weighted by Gasteiger charge is -2.32. The molecule has 9 heteroatoms. The van der Waals surface area contributed by atoms with Crippen LogP contribution in [0.4, 0.5) is 13.6 Å². The Labute approximate surface area is 235 Å². The van der Waals surface area contributed by atoms with E-state index in [-0.39, 0.29) is 37.2 Å². The SMILES string of the molecule is C=CC.CC(C)OC(=O)N1CCC(Oc2ccc(-c3ccc(CC(N)C(=O)N4CCC(F)C4)c(F)c3)cc2)CC1. The van der Waals surface area contributed by atoms with Crippen LogP contribution in [0.2, 0.25) is 0 Å². The van der Waals surface area contributed by atoms with Gasteiger partial charge in [-0.25, -0.2) is 13.6 Å². The van der Waals surface area contributed by atoms with E-state index in [0.29, 0.717) is 42.9 Å². The zero-order valence-electron chi connectivity index (χ0n) is 23.7. The molecule has 2 aliphatic heterocycles. The van der Waals surface area contributed by atoms with E-state index in [1.807, 2.05) is 45.0 Å². The van der Waals surface area contributed by atoms with Crippen LogP contribution in [0.15, 0.2) is 55.1 Å². The van der Waals surface area contributed by atoms with E-state index >= 15 is 0 Å². The van der Waals surface area contributed by atoms with Gasteiger partial charge in [0.25, 0.3) is 0 Å². The minimum absolute atomic E-state index is 0.00828. The average Bonchev–Trinajstić information content (AvgIpc) is 3.36. The molecule has 40 heavy (non-hydrogen) atoms. The summed E-state index contributed by atoms with van der Waals surface area (Å²) in [6.45, 7) is 10.5. The molecule has 0 aromatic heterocycles. The van der Waals surface area contributed by atoms with Crippen molar-refractivity contribution in [3.05, 3.63) is 66.5 Å². The molecule has 2 saturated heterocycles. The number of alkyl halides is 1. The number of ether oxygens (including phenoxy) is 2. The molecule has 2 heterocycles. The van der Waals surface area contributed by atoms with Crippen molar-refractivity contribution in [3.63, 3.8) is 0 Å². The van der Waals surface area contributed by atoms with Crippen molar-refractivity contribution in [2.24, 2.45) is 5.73 Å². The summed E-state index contributed by atoms with van der Waals surface area (Å²) in [7, 11) is 0. The van der Waals surface area contributed by atoms with Crippen LogP contribution in [0.1, 0.15) is 45.6 Å². The van der Waals surface area contributed by atoms with Crippen molar-refractivity contribution in [2.45, 2.75) is 70.9 Å². The molecule has 2 amide bonds. The van der Waals surface area contributed by atoms with Gasteiger partial charge < -0.3 is 25.0 Å². The van der Waals surface area contributed by atoms with Crippen LogP contribution in [-0.2, 0) is 16.0 Å². The van der Waals surface area contributed by atoms with E-state index < -0.39 is 18.0 Å². The lowest BCUT2D eigenvalue weighted by Crippen LogP contribution is -2.44. The largest absolute Gasteiger partial charge is 0.490 e. The Bertz CT molecular complexity index is 1130. The molecule has 0 bridgehead atoms. The van der Waals surface area contributed by atoms with Crippen molar-refractivity contribution < 1.29 is 27.8 Å². The number of amides is 2. The molecule has 2 aromatic rings. The Kier molecular flexibility index (Phi) is 11.5. The van der Waals surface area contributed by atoms with Crippen LogP contribution >= 0.6 is 0 Å². The topological polar surface area (TPSA) is 85.1 Å². The monoisotopic (exact) mass is 557 g/mol. The summed E-state index contributed by atoms with van der Waals surface area (Å²) >= 11 is 0. The van der Waals surface area contributed by atoms with Crippen LogP contribution in [0.25, 0.3) is 11.1 Å². The number of carbonyl (C=O) groups excluding carboxylic acids is 2. The Morgan fingerprint density at radius 1 is 1.05 bits per heavy atom. The third kappa shape index (κ3) is 8.78. The second-order valence-electron chi connectivity index (χ2n) is 10.5. The highest BCUT2D eigenvalue weighted by Gasteiger charge is 2.29. The number of hydrogen-bond acceptors (Lipinski definition) is 5. The molecule has 0 aliphatic carbocycles. The maximum absolute atomic E-state index is 14.8. The first-order valence-corrected chi connectivity index (χ1v) is 13.9. The van der Waals surface area contributed by atoms with Crippen molar-refractivity contribution in [1.29, 1.82) is 0 Å². The number of nitrogens with two attached hydrogens (primary N) is 1. The highest BCUT2D eigenvalue weighted by molar-refractivity contribution is 5.82. The van der Waals surface area contributed by atoms with Gasteiger partial charge in [0.05, 0.1) is 18.7 Å². The van der Waals surface area contributed by atoms with Gasteiger partial charge in [0, 0.05) is 32.5 Å². The van der Waals surface area contributed by atoms with Gasteiger partial charge in [-0.15, -0.1) is 6.58 Å². The minimum atomic E-state index is -1.02. The Morgan fingerprint density at radius 2 is 1.65 bits per heavy atom. The summed E-state index contributed by atoms with van der Waals surface area (Å²) in [5.74, 6) is -0.0695. The van der Waals surface area contributed by atoms with Crippen molar-refractivity contribution in [3.8, 4) is 16.9 Å². The Morgan fingerprint density at radius 3 is 2.20 bits per heavy atom. The number of likely N-dealkylation sites (tertiary alicyclic amines) is 2. The van der Waals surface area contributed by atoms with Crippen LogP contribution < -0.4 is 10.5 Å². The number of hydrogen-bond donors (Lipinski definition) is 1. The summed E-state index contributed by atoms with van der Waals surface area (Å²) in [5, 5.41) is 0. The van der Waals surface area contributed by atoms with E-state index in [4.69, 9.17) is 15.2 Å². The summed E-state index contributed by atoms with van der Waals surface area (Å²) in [6, 6.07) is 11.4. The normalized spacial score (nSPS) is 18.1. The molecule has 2 aromatic carbocycles. The third-order valence-corrected chi connectivity index (χ3v) is 6.78. The number of allylic oxidation sites excluding steroid dienone is 1. The molecular weight excluding hydrogens is 516 g/mol. The predicted octanol–water partition coefficient (Wildman–Crippen LogP) is 5.51. The molecule has 218 valence electrons. The summed E-state index contributed by atoms with van der Waals surface area (Å²) in [6.07, 6.45) is 2.13. The lowest BCUT2D eigenvalue weighted by atomic mass is 9.99. The van der Waals surface area contributed by atoms with E-state index in [1.54, 1.807) is 23.1 Å². The third-order valence-electron chi connectivity index (χ3n) is 6.78. The van der Waals surface area contributed by atoms with Gasteiger partial charge in [0.15, 0.2) is 0 Å². The molecule has 2 aliphatic rings. The fourth-order valence-electron chi connectivity index (χ4n) is 4.72. The second-order valence-corrected chi connectivity index (χ2v) is 10.5. The number of benzene rings is 2. The summed E-state index contributed by atoms with van der Waals surface area (Å²) in [4.78, 5) is 27.6. The zero-order chi connectivity index (χ0) is 29.2. The molecule has 2 fully saturated rings. The van der Waals surface area contributed by atoms with Gasteiger partial charge in [0.1, 0.15) is 23.8 Å². The quantitative estimate of drug-likeness (QED) is 0.454. The lowest BCUT2D eigenvalue weighted by molar-refractivity contribution is -0.131. The first kappa shape index (κ1) is 31.1. The smallest absolute Gasteiger partial charge is 0.410 e. The van der Waals surface area contributed by atoms with Gasteiger partial charge >= 0.3 is 6.09 Å². The molecule has 2 unspecified atom stereocenters. The molecule has 0 saturated carbocycles. The van der Waals surface area contributed by atoms with E-state index in [1.165, 1.54) is 11.0 Å². The van der Waals surface area contributed by atoms with E-state index in [9.17, 15) is 18.4 Å². The molecule has 0 radical (unpaired) electrons. The van der Waals surface area contributed by atoms with E-state index in [0.717, 1.165) is 18.4 Å².